The van der Waals surface area contributed by atoms with Gasteiger partial charge in [-0.05, 0) is 75.3 Å². The molecule has 186 valence electrons. The molecule has 1 saturated heterocycles. The van der Waals surface area contributed by atoms with Crippen molar-refractivity contribution in [1.82, 2.24) is 20.7 Å². The van der Waals surface area contributed by atoms with Gasteiger partial charge in [0.25, 0.3) is 5.91 Å². The lowest BCUT2D eigenvalue weighted by atomic mass is 9.91. The number of hydrogen-bond acceptors (Lipinski definition) is 5. The number of hydrogen-bond donors (Lipinski definition) is 2. The fraction of sp³-hybridized carbons (Fsp3) is 0.577. The van der Waals surface area contributed by atoms with Crippen molar-refractivity contribution in [1.29, 1.82) is 0 Å². The first-order chi connectivity index (χ1) is 16.9. The molecule has 0 spiro atoms. The maximum atomic E-state index is 14.2. The fourth-order valence-corrected chi connectivity index (χ4v) is 5.52. The second-order valence-electron chi connectivity index (χ2n) is 10.7. The van der Waals surface area contributed by atoms with Crippen LogP contribution in [0.15, 0.2) is 28.8 Å². The van der Waals surface area contributed by atoms with Crippen molar-refractivity contribution >= 4 is 11.8 Å². The minimum atomic E-state index is -0.794. The zero-order valence-electron chi connectivity index (χ0n) is 19.6. The SMILES string of the molecule is O=C(NC1[C@@H](C(=O)NC2(C3CC3)CC2)CCCN1CC1CC1)c1cc(-c2ccc(F)cc2F)on1. The molecule has 0 bridgehead atoms. The Bertz CT molecular complexity index is 1140. The van der Waals surface area contributed by atoms with Crippen LogP contribution >= 0.6 is 0 Å². The van der Waals surface area contributed by atoms with Crippen molar-refractivity contribution in [3.63, 3.8) is 0 Å². The van der Waals surface area contributed by atoms with Crippen molar-refractivity contribution in [2.45, 2.75) is 63.1 Å². The van der Waals surface area contributed by atoms with E-state index < -0.39 is 23.7 Å². The van der Waals surface area contributed by atoms with Gasteiger partial charge in [-0.2, -0.15) is 0 Å². The van der Waals surface area contributed by atoms with E-state index in [0.717, 1.165) is 44.5 Å². The lowest BCUT2D eigenvalue weighted by Gasteiger charge is -2.41. The van der Waals surface area contributed by atoms with Gasteiger partial charge in [0, 0.05) is 30.8 Å². The minimum absolute atomic E-state index is 0.00327. The third-order valence-corrected chi connectivity index (χ3v) is 8.00. The van der Waals surface area contributed by atoms with Crippen molar-refractivity contribution in [2.24, 2.45) is 17.8 Å². The highest BCUT2D eigenvalue weighted by molar-refractivity contribution is 5.94. The number of piperidine rings is 1. The molecule has 7 nitrogen and oxygen atoms in total. The molecule has 0 radical (unpaired) electrons. The summed E-state index contributed by atoms with van der Waals surface area (Å²) >= 11 is 0. The Kier molecular flexibility index (Phi) is 5.62. The third-order valence-electron chi connectivity index (χ3n) is 8.00. The smallest absolute Gasteiger partial charge is 0.274 e. The second kappa shape index (κ2) is 8.69. The number of amides is 2. The number of nitrogens with one attached hydrogen (secondary N) is 2. The maximum absolute atomic E-state index is 14.2. The number of carbonyl (C=O) groups is 2. The predicted molar refractivity (Wildman–Crippen MR) is 123 cm³/mol. The van der Waals surface area contributed by atoms with Gasteiger partial charge < -0.3 is 15.2 Å². The first-order valence-electron chi connectivity index (χ1n) is 12.7. The minimum Gasteiger partial charge on any atom is -0.355 e. The van der Waals surface area contributed by atoms with Crippen molar-refractivity contribution in [2.75, 3.05) is 13.1 Å². The van der Waals surface area contributed by atoms with E-state index in [2.05, 4.69) is 20.7 Å². The summed E-state index contributed by atoms with van der Waals surface area (Å²) in [6, 6.07) is 4.48. The number of likely N-dealkylation sites (tertiary alicyclic amines) is 1. The Morgan fingerprint density at radius 2 is 1.91 bits per heavy atom. The molecule has 4 aliphatic rings. The number of rotatable bonds is 8. The highest BCUT2D eigenvalue weighted by Crippen LogP contribution is 2.54. The summed E-state index contributed by atoms with van der Waals surface area (Å²) in [5, 5.41) is 10.2. The number of halogens is 2. The largest absolute Gasteiger partial charge is 0.355 e. The van der Waals surface area contributed by atoms with E-state index in [0.29, 0.717) is 18.3 Å². The molecule has 3 saturated carbocycles. The van der Waals surface area contributed by atoms with Crippen LogP contribution in [0, 0.1) is 29.4 Å². The Balaban J connectivity index is 1.20. The van der Waals surface area contributed by atoms with Crippen molar-refractivity contribution in [3.05, 3.63) is 41.6 Å². The molecule has 2 aromatic rings. The Morgan fingerprint density at radius 3 is 2.60 bits per heavy atom. The Labute approximate surface area is 202 Å². The van der Waals surface area contributed by atoms with Crippen LogP contribution in [0.3, 0.4) is 0 Å². The van der Waals surface area contributed by atoms with Gasteiger partial charge in [0.2, 0.25) is 5.91 Å². The van der Waals surface area contributed by atoms with E-state index >= 15 is 0 Å². The highest BCUT2D eigenvalue weighted by atomic mass is 19.1. The molecule has 3 aliphatic carbocycles. The summed E-state index contributed by atoms with van der Waals surface area (Å²) in [5.41, 5.74) is -0.000462. The third kappa shape index (κ3) is 4.70. The molecule has 35 heavy (non-hydrogen) atoms. The molecule has 2 atom stereocenters. The summed E-state index contributed by atoms with van der Waals surface area (Å²) in [5.74, 6) is -1.04. The molecule has 9 heteroatoms. The van der Waals surface area contributed by atoms with E-state index in [1.165, 1.54) is 37.8 Å². The van der Waals surface area contributed by atoms with Gasteiger partial charge in [0.1, 0.15) is 11.6 Å². The Morgan fingerprint density at radius 1 is 1.11 bits per heavy atom. The van der Waals surface area contributed by atoms with E-state index in [4.69, 9.17) is 4.52 Å². The van der Waals surface area contributed by atoms with Gasteiger partial charge in [0.05, 0.1) is 17.6 Å². The summed E-state index contributed by atoms with van der Waals surface area (Å²) in [6.45, 7) is 1.68. The second-order valence-corrected chi connectivity index (χ2v) is 10.7. The molecule has 6 rings (SSSR count). The monoisotopic (exact) mass is 484 g/mol. The molecule has 1 aromatic heterocycles. The molecule has 2 amide bonds. The van der Waals surface area contributed by atoms with Crippen LogP contribution in [0.5, 0.6) is 0 Å². The zero-order valence-corrected chi connectivity index (χ0v) is 19.6. The quantitative estimate of drug-likeness (QED) is 0.594. The molecule has 1 aliphatic heterocycles. The van der Waals surface area contributed by atoms with Crippen LogP contribution in [-0.2, 0) is 4.79 Å². The first-order valence-corrected chi connectivity index (χ1v) is 12.7. The predicted octanol–water partition coefficient (Wildman–Crippen LogP) is 3.86. The topological polar surface area (TPSA) is 87.5 Å². The van der Waals surface area contributed by atoms with Gasteiger partial charge in [-0.25, -0.2) is 8.78 Å². The number of benzene rings is 1. The van der Waals surface area contributed by atoms with Crippen LogP contribution in [0.4, 0.5) is 8.78 Å². The average molecular weight is 485 g/mol. The molecule has 4 fully saturated rings. The van der Waals surface area contributed by atoms with Crippen LogP contribution in [0.1, 0.15) is 61.9 Å². The number of carbonyl (C=O) groups excluding carboxylic acids is 2. The Hall–Kier alpha value is -2.81. The molecule has 2 N–H and O–H groups in total. The van der Waals surface area contributed by atoms with E-state index in [1.807, 2.05) is 0 Å². The van der Waals surface area contributed by atoms with Gasteiger partial charge in [-0.15, -0.1) is 0 Å². The molecule has 2 heterocycles. The molecule has 1 aromatic carbocycles. The first kappa shape index (κ1) is 22.6. The summed E-state index contributed by atoms with van der Waals surface area (Å²) < 4.78 is 32.6. The molecule has 1 unspecified atom stereocenters. The number of nitrogens with zero attached hydrogens (tertiary/aromatic N) is 2. The van der Waals surface area contributed by atoms with Gasteiger partial charge in [-0.1, -0.05) is 5.16 Å². The normalized spacial score (nSPS) is 25.8. The fourth-order valence-electron chi connectivity index (χ4n) is 5.52. The van der Waals surface area contributed by atoms with Crippen LogP contribution < -0.4 is 10.6 Å². The van der Waals surface area contributed by atoms with Crippen LogP contribution in [0.2, 0.25) is 0 Å². The highest BCUT2D eigenvalue weighted by Gasteiger charge is 2.55. The number of aromatic nitrogens is 1. The summed E-state index contributed by atoms with van der Waals surface area (Å²) in [6.07, 6.45) is 7.98. The lowest BCUT2D eigenvalue weighted by molar-refractivity contribution is -0.130. The van der Waals surface area contributed by atoms with E-state index in [1.54, 1.807) is 0 Å². The average Bonchev–Trinajstić information content (AvgIpc) is 3.69. The van der Waals surface area contributed by atoms with Crippen molar-refractivity contribution in [3.8, 4) is 11.3 Å². The zero-order chi connectivity index (χ0) is 24.2. The van der Waals surface area contributed by atoms with Crippen LogP contribution in [-0.4, -0.2) is 46.7 Å². The van der Waals surface area contributed by atoms with E-state index in [-0.39, 0.29) is 34.4 Å². The maximum Gasteiger partial charge on any atom is 0.274 e. The standard InChI is InChI=1S/C26H30F2N4O3/c27-17-7-8-18(20(28)12-17)22-13-21(31-35-22)25(34)29-23-19(2-1-11-32(23)14-15-3-4-15)24(33)30-26(9-10-26)16-5-6-16/h7-8,12-13,15-16,19,23H,1-6,9-11,14H2,(H,29,34)(H,30,33)/t19-,23?/m0/s1. The lowest BCUT2D eigenvalue weighted by Crippen LogP contribution is -2.60. The van der Waals surface area contributed by atoms with Gasteiger partial charge in [0.15, 0.2) is 11.5 Å². The van der Waals surface area contributed by atoms with Crippen LogP contribution in [0.25, 0.3) is 11.3 Å². The summed E-state index contributed by atoms with van der Waals surface area (Å²) in [4.78, 5) is 28.8. The summed E-state index contributed by atoms with van der Waals surface area (Å²) in [7, 11) is 0. The molecular formula is C26H30F2N4O3. The van der Waals surface area contributed by atoms with Gasteiger partial charge >= 0.3 is 0 Å². The van der Waals surface area contributed by atoms with E-state index in [9.17, 15) is 18.4 Å². The van der Waals surface area contributed by atoms with Crippen molar-refractivity contribution < 1.29 is 22.9 Å². The molecular weight excluding hydrogens is 454 g/mol. The van der Waals surface area contributed by atoms with Gasteiger partial charge in [-0.3, -0.25) is 14.5 Å².